The van der Waals surface area contributed by atoms with Gasteiger partial charge in [0, 0.05) is 42.4 Å². The van der Waals surface area contributed by atoms with Gasteiger partial charge in [0.2, 0.25) is 0 Å². The number of carboxylic acids is 1. The fraction of sp³-hybridized carbons (Fsp3) is 0.238. The third kappa shape index (κ3) is 5.01. The summed E-state index contributed by atoms with van der Waals surface area (Å²) in [6.07, 6.45) is 3.92. The minimum atomic E-state index is -0.895. The zero-order valence-corrected chi connectivity index (χ0v) is 15.1. The number of benzene rings is 2. The number of carboxylic acid groups (broad SMARTS) is 1. The molecule has 1 aliphatic rings. The van der Waals surface area contributed by atoms with E-state index >= 15 is 0 Å². The van der Waals surface area contributed by atoms with Gasteiger partial charge in [-0.15, -0.1) is 0 Å². The van der Waals surface area contributed by atoms with Crippen molar-refractivity contribution < 1.29 is 23.5 Å². The summed E-state index contributed by atoms with van der Waals surface area (Å²) in [6.45, 7) is 2.01. The van der Waals surface area contributed by atoms with Crippen LogP contribution in [0.15, 0.2) is 59.3 Å². The Labute approximate surface area is 161 Å². The molecular weight excluding hydrogens is 366 g/mol. The van der Waals surface area contributed by atoms with E-state index < -0.39 is 17.6 Å². The van der Waals surface area contributed by atoms with E-state index in [2.05, 4.69) is 5.16 Å². The average Bonchev–Trinajstić information content (AvgIpc) is 2.68. The Hall–Kier alpha value is -3.06. The Kier molecular flexibility index (Phi) is 6.49. The van der Waals surface area contributed by atoms with E-state index in [0.29, 0.717) is 42.8 Å². The Balaban J connectivity index is 1.58. The van der Waals surface area contributed by atoms with Crippen LogP contribution in [0.25, 0.3) is 11.1 Å². The van der Waals surface area contributed by atoms with Crippen molar-refractivity contribution >= 4 is 12.2 Å². The number of carbonyl (C=O) groups is 1. The summed E-state index contributed by atoms with van der Waals surface area (Å²) >= 11 is 0. The molecule has 0 atom stereocenters. The molecule has 0 fully saturated rings. The maximum atomic E-state index is 14.1. The molecule has 1 aliphatic heterocycles. The summed E-state index contributed by atoms with van der Waals surface area (Å²) in [5.41, 5.74) is 1.90. The van der Waals surface area contributed by atoms with Crippen molar-refractivity contribution in [1.82, 2.24) is 4.90 Å². The molecule has 1 N–H and O–H groups in total. The lowest BCUT2D eigenvalue weighted by Crippen LogP contribution is -2.34. The van der Waals surface area contributed by atoms with Gasteiger partial charge in [-0.05, 0) is 24.1 Å². The molecule has 146 valence electrons. The Bertz CT molecular complexity index is 912. The standard InChI is InChI=1S/C21H20F2N2O3/c22-17-7-8-19(20(23)12-17)18-6-2-1-4-15(18)13-24-28-11-10-25-9-3-5-16(14-25)21(26)27/h1-2,4-8,12-13H,3,9-11,14H2,(H,26,27)/b24-13+. The quantitative estimate of drug-likeness (QED) is 0.448. The molecule has 0 saturated heterocycles. The molecule has 7 heteroatoms. The van der Waals surface area contributed by atoms with Gasteiger partial charge in [-0.1, -0.05) is 35.5 Å². The first-order valence-electron chi connectivity index (χ1n) is 8.89. The Morgan fingerprint density at radius 1 is 1.21 bits per heavy atom. The lowest BCUT2D eigenvalue weighted by molar-refractivity contribution is -0.133. The molecule has 5 nitrogen and oxygen atoms in total. The highest BCUT2D eigenvalue weighted by Gasteiger charge is 2.17. The molecule has 0 spiro atoms. The summed E-state index contributed by atoms with van der Waals surface area (Å²) in [5.74, 6) is -2.17. The van der Waals surface area contributed by atoms with Crippen molar-refractivity contribution in [2.75, 3.05) is 26.2 Å². The predicted octanol–water partition coefficient (Wildman–Crippen LogP) is 3.70. The molecule has 3 rings (SSSR count). The average molecular weight is 386 g/mol. The summed E-state index contributed by atoms with van der Waals surface area (Å²) < 4.78 is 27.2. The van der Waals surface area contributed by atoms with Gasteiger partial charge in [-0.25, -0.2) is 13.6 Å². The minimum absolute atomic E-state index is 0.282. The van der Waals surface area contributed by atoms with Crippen LogP contribution in [0.3, 0.4) is 0 Å². The van der Waals surface area contributed by atoms with Gasteiger partial charge >= 0.3 is 5.97 Å². The SMILES string of the molecule is O=C(O)C1=CCCN(CCO/N=C/c2ccccc2-c2ccc(F)cc2F)C1. The Morgan fingerprint density at radius 2 is 2.04 bits per heavy atom. The van der Waals surface area contributed by atoms with E-state index in [1.807, 2.05) is 4.90 Å². The van der Waals surface area contributed by atoms with Crippen LogP contribution < -0.4 is 0 Å². The van der Waals surface area contributed by atoms with Crippen molar-refractivity contribution in [3.05, 3.63) is 71.3 Å². The van der Waals surface area contributed by atoms with E-state index in [1.54, 1.807) is 30.3 Å². The summed E-state index contributed by atoms with van der Waals surface area (Å²) in [6, 6.07) is 10.5. The first kappa shape index (κ1) is 19.7. The predicted molar refractivity (Wildman–Crippen MR) is 102 cm³/mol. The van der Waals surface area contributed by atoms with Crippen molar-refractivity contribution in [2.45, 2.75) is 6.42 Å². The molecule has 0 unspecified atom stereocenters. The molecule has 1 heterocycles. The number of rotatable bonds is 7. The third-order valence-corrected chi connectivity index (χ3v) is 4.45. The summed E-state index contributed by atoms with van der Waals surface area (Å²) in [7, 11) is 0. The Morgan fingerprint density at radius 3 is 2.82 bits per heavy atom. The smallest absolute Gasteiger partial charge is 0.332 e. The highest BCUT2D eigenvalue weighted by molar-refractivity contribution is 5.90. The molecule has 2 aromatic rings. The molecule has 0 aromatic heterocycles. The second-order valence-corrected chi connectivity index (χ2v) is 6.38. The monoisotopic (exact) mass is 386 g/mol. The van der Waals surface area contributed by atoms with Crippen LogP contribution in [0.5, 0.6) is 0 Å². The van der Waals surface area contributed by atoms with Gasteiger partial charge in [0.1, 0.15) is 18.2 Å². The highest BCUT2D eigenvalue weighted by Crippen LogP contribution is 2.26. The minimum Gasteiger partial charge on any atom is -0.478 e. The number of aliphatic carboxylic acids is 1. The molecule has 0 saturated carbocycles. The van der Waals surface area contributed by atoms with Gasteiger partial charge in [0.15, 0.2) is 0 Å². The van der Waals surface area contributed by atoms with Crippen LogP contribution in [0, 0.1) is 11.6 Å². The van der Waals surface area contributed by atoms with Crippen LogP contribution in [-0.4, -0.2) is 48.4 Å². The zero-order chi connectivity index (χ0) is 19.9. The lowest BCUT2D eigenvalue weighted by Gasteiger charge is -2.24. The van der Waals surface area contributed by atoms with Crippen LogP contribution in [0.2, 0.25) is 0 Å². The highest BCUT2D eigenvalue weighted by atomic mass is 19.1. The van der Waals surface area contributed by atoms with Gasteiger partial charge in [0.05, 0.1) is 6.21 Å². The number of oxime groups is 1. The first-order chi connectivity index (χ1) is 13.5. The van der Waals surface area contributed by atoms with Gasteiger partial charge < -0.3 is 9.94 Å². The topological polar surface area (TPSA) is 62.1 Å². The molecular formula is C21H20F2N2O3. The van der Waals surface area contributed by atoms with Crippen LogP contribution in [0.1, 0.15) is 12.0 Å². The molecule has 28 heavy (non-hydrogen) atoms. The fourth-order valence-corrected chi connectivity index (χ4v) is 3.03. The van der Waals surface area contributed by atoms with E-state index in [0.717, 1.165) is 12.6 Å². The van der Waals surface area contributed by atoms with E-state index in [4.69, 9.17) is 9.94 Å². The van der Waals surface area contributed by atoms with Crippen LogP contribution >= 0.6 is 0 Å². The van der Waals surface area contributed by atoms with E-state index in [1.165, 1.54) is 18.3 Å². The second-order valence-electron chi connectivity index (χ2n) is 6.38. The van der Waals surface area contributed by atoms with Gasteiger partial charge in [-0.3, -0.25) is 4.90 Å². The summed E-state index contributed by atoms with van der Waals surface area (Å²) in [5, 5.41) is 13.0. The largest absolute Gasteiger partial charge is 0.478 e. The van der Waals surface area contributed by atoms with E-state index in [9.17, 15) is 13.6 Å². The maximum Gasteiger partial charge on any atom is 0.332 e. The molecule has 0 radical (unpaired) electrons. The van der Waals surface area contributed by atoms with Crippen molar-refractivity contribution in [1.29, 1.82) is 0 Å². The van der Waals surface area contributed by atoms with Crippen LogP contribution in [0.4, 0.5) is 8.78 Å². The van der Waals surface area contributed by atoms with E-state index in [-0.39, 0.29) is 5.56 Å². The number of nitrogens with zero attached hydrogens (tertiary/aromatic N) is 2. The number of halogens is 2. The molecule has 0 bridgehead atoms. The second kappa shape index (κ2) is 9.23. The zero-order valence-electron chi connectivity index (χ0n) is 15.1. The third-order valence-electron chi connectivity index (χ3n) is 4.45. The van der Waals surface area contributed by atoms with Crippen molar-refractivity contribution in [3.8, 4) is 11.1 Å². The number of hydrogen-bond acceptors (Lipinski definition) is 4. The molecule has 2 aromatic carbocycles. The van der Waals surface area contributed by atoms with Gasteiger partial charge in [0.25, 0.3) is 0 Å². The maximum absolute atomic E-state index is 14.1. The van der Waals surface area contributed by atoms with Gasteiger partial charge in [-0.2, -0.15) is 0 Å². The number of hydrogen-bond donors (Lipinski definition) is 1. The molecule has 0 amide bonds. The summed E-state index contributed by atoms with van der Waals surface area (Å²) in [4.78, 5) is 18.3. The first-order valence-corrected chi connectivity index (χ1v) is 8.89. The normalized spacial score (nSPS) is 14.9. The lowest BCUT2D eigenvalue weighted by atomic mass is 10.00. The molecule has 0 aliphatic carbocycles. The van der Waals surface area contributed by atoms with Crippen LogP contribution in [-0.2, 0) is 9.63 Å². The van der Waals surface area contributed by atoms with Crippen molar-refractivity contribution in [3.63, 3.8) is 0 Å². The fourth-order valence-electron chi connectivity index (χ4n) is 3.03. The van der Waals surface area contributed by atoms with Crippen molar-refractivity contribution in [2.24, 2.45) is 5.16 Å².